The van der Waals surface area contributed by atoms with Crippen LogP contribution < -0.4 is 17.7 Å². The molecule has 0 saturated carbocycles. The van der Waals surface area contributed by atoms with Crippen molar-refractivity contribution >= 4 is 11.6 Å². The first-order valence-electron chi connectivity index (χ1n) is 5.86. The van der Waals surface area contributed by atoms with E-state index in [9.17, 15) is 4.39 Å². The van der Waals surface area contributed by atoms with Crippen molar-refractivity contribution in [3.63, 3.8) is 0 Å². The summed E-state index contributed by atoms with van der Waals surface area (Å²) in [5.41, 5.74) is 0.529. The van der Waals surface area contributed by atoms with Gasteiger partial charge in [-0.2, -0.15) is 0 Å². The number of aromatic nitrogens is 2. The molecule has 0 aliphatic heterocycles. The normalized spacial score (nSPS) is 10.2. The van der Waals surface area contributed by atoms with Crippen LogP contribution >= 0.6 is 11.6 Å². The van der Waals surface area contributed by atoms with Crippen LogP contribution in [0.15, 0.2) is 36.9 Å². The van der Waals surface area contributed by atoms with Gasteiger partial charge in [-0.05, 0) is 25.1 Å². The summed E-state index contributed by atoms with van der Waals surface area (Å²) >= 11 is 5.93. The Hall–Kier alpha value is -1.10. The van der Waals surface area contributed by atoms with Crippen molar-refractivity contribution in [2.75, 3.05) is 6.54 Å². The highest BCUT2D eigenvalue weighted by Crippen LogP contribution is 2.18. The van der Waals surface area contributed by atoms with Gasteiger partial charge in [-0.25, -0.2) is 9.37 Å². The van der Waals surface area contributed by atoms with Crippen molar-refractivity contribution in [3.05, 3.63) is 53.3 Å². The summed E-state index contributed by atoms with van der Waals surface area (Å²) in [5.74, 6) is -0.260. The minimum absolute atomic E-state index is 0. The fraction of sp³-hybridized carbons (Fsp3) is 0.308. The first kappa shape index (κ1) is 16.0. The van der Waals surface area contributed by atoms with Gasteiger partial charge in [-0.15, -0.1) is 0 Å². The van der Waals surface area contributed by atoms with Crippen LogP contribution in [0.2, 0.25) is 5.02 Å². The van der Waals surface area contributed by atoms with Gasteiger partial charge >= 0.3 is 0 Å². The number of imidazole rings is 1. The highest BCUT2D eigenvalue weighted by Gasteiger charge is 2.05. The molecule has 0 unspecified atom stereocenters. The van der Waals surface area contributed by atoms with E-state index in [1.54, 1.807) is 24.7 Å². The number of hydrogen-bond acceptors (Lipinski definition) is 2. The number of hydrogen-bond donors (Lipinski definition) is 1. The first-order valence-corrected chi connectivity index (χ1v) is 6.24. The van der Waals surface area contributed by atoms with Crippen molar-refractivity contribution in [1.29, 1.82) is 0 Å². The largest absolute Gasteiger partial charge is 1.00 e. The zero-order valence-corrected chi connectivity index (χ0v) is 11.8. The predicted molar refractivity (Wildman–Crippen MR) is 70.0 cm³/mol. The van der Waals surface area contributed by atoms with E-state index in [4.69, 9.17) is 11.6 Å². The molecule has 3 nitrogen and oxygen atoms in total. The quantitative estimate of drug-likeness (QED) is 0.753. The molecule has 0 fully saturated rings. The van der Waals surface area contributed by atoms with Crippen LogP contribution in [0.25, 0.3) is 0 Å². The van der Waals surface area contributed by atoms with Gasteiger partial charge in [-0.1, -0.05) is 17.7 Å². The lowest BCUT2D eigenvalue weighted by Crippen LogP contribution is -3.00. The highest BCUT2D eigenvalue weighted by atomic mass is 35.5. The van der Waals surface area contributed by atoms with Crippen LogP contribution in [0, 0.1) is 5.82 Å². The van der Waals surface area contributed by atoms with Crippen molar-refractivity contribution in [2.45, 2.75) is 19.5 Å². The molecular weight excluding hydrogens is 288 g/mol. The molecule has 19 heavy (non-hydrogen) atoms. The van der Waals surface area contributed by atoms with Gasteiger partial charge in [0.1, 0.15) is 5.82 Å². The number of nitrogens with one attached hydrogen (secondary N) is 1. The van der Waals surface area contributed by atoms with E-state index in [1.165, 1.54) is 6.07 Å². The maximum absolute atomic E-state index is 13.4. The van der Waals surface area contributed by atoms with E-state index < -0.39 is 0 Å². The van der Waals surface area contributed by atoms with Gasteiger partial charge in [-0.3, -0.25) is 0 Å². The number of aryl methyl sites for hydroxylation is 1. The fourth-order valence-corrected chi connectivity index (χ4v) is 1.95. The molecule has 0 atom stereocenters. The van der Waals surface area contributed by atoms with Crippen LogP contribution in [0.3, 0.4) is 0 Å². The molecule has 1 heterocycles. The second-order valence-corrected chi connectivity index (χ2v) is 4.44. The summed E-state index contributed by atoms with van der Waals surface area (Å²) < 4.78 is 15.5. The van der Waals surface area contributed by atoms with E-state index in [-0.39, 0.29) is 18.2 Å². The molecule has 1 N–H and O–H groups in total. The molecule has 0 saturated heterocycles. The SMILES string of the molecule is Fc1cccc(Cl)c1CNCCCn1ccnc1.[Cl-]. The monoisotopic (exact) mass is 302 g/mol. The van der Waals surface area contributed by atoms with E-state index in [1.807, 2.05) is 10.8 Å². The summed E-state index contributed by atoms with van der Waals surface area (Å²) in [6.45, 7) is 2.16. The lowest BCUT2D eigenvalue weighted by atomic mass is 10.2. The van der Waals surface area contributed by atoms with Crippen molar-refractivity contribution < 1.29 is 16.8 Å². The molecule has 0 radical (unpaired) electrons. The Morgan fingerprint density at radius 3 is 2.89 bits per heavy atom. The Morgan fingerprint density at radius 1 is 1.37 bits per heavy atom. The van der Waals surface area contributed by atoms with E-state index >= 15 is 0 Å². The average Bonchev–Trinajstić information content (AvgIpc) is 2.85. The fourth-order valence-electron chi connectivity index (χ4n) is 1.72. The molecule has 1 aromatic carbocycles. The van der Waals surface area contributed by atoms with Crippen molar-refractivity contribution in [2.24, 2.45) is 0 Å². The molecular formula is C13H15Cl2FN3-. The van der Waals surface area contributed by atoms with Crippen LogP contribution in [-0.4, -0.2) is 16.1 Å². The third kappa shape index (κ3) is 4.82. The molecule has 104 valence electrons. The maximum atomic E-state index is 13.4. The van der Waals surface area contributed by atoms with Crippen LogP contribution in [0.5, 0.6) is 0 Å². The second kappa shape index (κ2) is 8.15. The molecule has 0 amide bonds. The highest BCUT2D eigenvalue weighted by molar-refractivity contribution is 6.31. The Bertz CT molecular complexity index is 468. The average molecular weight is 303 g/mol. The van der Waals surface area contributed by atoms with Crippen molar-refractivity contribution in [3.8, 4) is 0 Å². The lowest BCUT2D eigenvalue weighted by molar-refractivity contribution is -0.00000428. The van der Waals surface area contributed by atoms with Gasteiger partial charge in [0, 0.05) is 36.1 Å². The zero-order valence-electron chi connectivity index (χ0n) is 10.3. The standard InChI is InChI=1S/C13H15ClFN3.ClH/c14-12-3-1-4-13(15)11(12)9-16-5-2-7-18-8-6-17-10-18;/h1,3-4,6,8,10,16H,2,5,7,9H2;1H/p-1. The minimum Gasteiger partial charge on any atom is -1.00 e. The predicted octanol–water partition coefficient (Wildman–Crippen LogP) is -0.141. The lowest BCUT2D eigenvalue weighted by Gasteiger charge is -2.08. The number of nitrogens with zero attached hydrogens (tertiary/aromatic N) is 2. The van der Waals surface area contributed by atoms with Gasteiger partial charge in [0.25, 0.3) is 0 Å². The Morgan fingerprint density at radius 2 is 2.21 bits per heavy atom. The molecule has 0 aliphatic rings. The minimum atomic E-state index is -0.260. The topological polar surface area (TPSA) is 29.9 Å². The van der Waals surface area contributed by atoms with E-state index in [0.29, 0.717) is 17.1 Å². The smallest absolute Gasteiger partial charge is 0.129 e. The molecule has 0 spiro atoms. The number of rotatable bonds is 6. The Labute approximate surface area is 123 Å². The second-order valence-electron chi connectivity index (χ2n) is 4.03. The molecule has 2 rings (SSSR count). The molecule has 6 heteroatoms. The summed E-state index contributed by atoms with van der Waals surface area (Å²) in [7, 11) is 0. The van der Waals surface area contributed by atoms with E-state index in [0.717, 1.165) is 19.5 Å². The van der Waals surface area contributed by atoms with Gasteiger partial charge in [0.2, 0.25) is 0 Å². The van der Waals surface area contributed by atoms with Gasteiger partial charge < -0.3 is 22.3 Å². The molecule has 2 aromatic rings. The van der Waals surface area contributed by atoms with Crippen LogP contribution in [0.1, 0.15) is 12.0 Å². The zero-order chi connectivity index (χ0) is 12.8. The Balaban J connectivity index is 0.00000180. The number of halogens is 3. The Kier molecular flexibility index (Phi) is 6.84. The van der Waals surface area contributed by atoms with E-state index in [2.05, 4.69) is 10.3 Å². The maximum Gasteiger partial charge on any atom is 0.129 e. The molecule has 0 aliphatic carbocycles. The van der Waals surface area contributed by atoms with Gasteiger partial charge in [0.15, 0.2) is 0 Å². The third-order valence-corrected chi connectivity index (χ3v) is 3.05. The summed E-state index contributed by atoms with van der Waals surface area (Å²) in [6, 6.07) is 4.74. The summed E-state index contributed by atoms with van der Waals surface area (Å²) in [6.07, 6.45) is 6.43. The summed E-state index contributed by atoms with van der Waals surface area (Å²) in [4.78, 5) is 3.97. The van der Waals surface area contributed by atoms with Crippen molar-refractivity contribution in [1.82, 2.24) is 14.9 Å². The number of benzene rings is 1. The van der Waals surface area contributed by atoms with Crippen LogP contribution in [0.4, 0.5) is 4.39 Å². The van der Waals surface area contributed by atoms with Crippen LogP contribution in [-0.2, 0) is 13.1 Å². The summed E-state index contributed by atoms with van der Waals surface area (Å²) in [5, 5.41) is 3.66. The van der Waals surface area contributed by atoms with Gasteiger partial charge in [0.05, 0.1) is 6.33 Å². The molecule has 0 bridgehead atoms. The first-order chi connectivity index (χ1) is 8.77. The molecule has 1 aromatic heterocycles. The third-order valence-electron chi connectivity index (χ3n) is 2.69.